The lowest BCUT2D eigenvalue weighted by Gasteiger charge is -2.20. The Bertz CT molecular complexity index is 563. The third-order valence-electron chi connectivity index (χ3n) is 3.06. The van der Waals surface area contributed by atoms with Gasteiger partial charge in [0.1, 0.15) is 0 Å². The average Bonchev–Trinajstić information content (AvgIpc) is 2.36. The largest absolute Gasteiger partial charge is 0.421 e. The molecule has 4 nitrogen and oxygen atoms in total. The highest BCUT2D eigenvalue weighted by Crippen LogP contribution is 2.24. The number of esters is 2. The van der Waals surface area contributed by atoms with Crippen LogP contribution in [0.2, 0.25) is 0 Å². The van der Waals surface area contributed by atoms with E-state index in [2.05, 4.69) is 32.9 Å². The molecule has 0 saturated heterocycles. The highest BCUT2D eigenvalue weighted by Gasteiger charge is 2.18. The fourth-order valence-electron chi connectivity index (χ4n) is 1.94. The highest BCUT2D eigenvalue weighted by molar-refractivity contribution is 5.69. The first-order valence-corrected chi connectivity index (χ1v) is 7.23. The SMILES string of the molecule is CC(=O)OC(OC(C)=O)C(C)=Cc1cccc(C(C)(C)C)c1. The third kappa shape index (κ3) is 5.72. The minimum atomic E-state index is -0.992. The minimum absolute atomic E-state index is 0.0446. The van der Waals surface area contributed by atoms with Gasteiger partial charge in [-0.25, -0.2) is 0 Å². The van der Waals surface area contributed by atoms with Crippen LogP contribution in [0, 0.1) is 0 Å². The van der Waals surface area contributed by atoms with Gasteiger partial charge in [-0.2, -0.15) is 0 Å². The smallest absolute Gasteiger partial charge is 0.305 e. The number of rotatable bonds is 4. The van der Waals surface area contributed by atoms with Gasteiger partial charge in [-0.15, -0.1) is 0 Å². The van der Waals surface area contributed by atoms with Crippen molar-refractivity contribution in [2.45, 2.75) is 53.2 Å². The molecule has 0 heterocycles. The third-order valence-corrected chi connectivity index (χ3v) is 3.06. The van der Waals surface area contributed by atoms with Crippen LogP contribution in [0.3, 0.4) is 0 Å². The Kier molecular flexibility index (Phi) is 5.92. The monoisotopic (exact) mass is 304 g/mol. The summed E-state index contributed by atoms with van der Waals surface area (Å²) in [5.41, 5.74) is 2.86. The fraction of sp³-hybridized carbons (Fsp3) is 0.444. The molecule has 0 N–H and O–H groups in total. The molecule has 4 heteroatoms. The summed E-state index contributed by atoms with van der Waals surface area (Å²) in [5.74, 6) is -0.995. The lowest BCUT2D eigenvalue weighted by atomic mass is 9.86. The van der Waals surface area contributed by atoms with Crippen molar-refractivity contribution in [1.82, 2.24) is 0 Å². The molecule has 0 fully saturated rings. The Labute approximate surface area is 132 Å². The summed E-state index contributed by atoms with van der Waals surface area (Å²) in [4.78, 5) is 22.3. The second-order valence-corrected chi connectivity index (χ2v) is 6.31. The standard InChI is InChI=1S/C18H24O4/c1-12(17(21-13(2)19)22-14(3)20)10-15-8-7-9-16(11-15)18(4,5)6/h7-11,17H,1-6H3. The number of hydrogen-bond donors (Lipinski definition) is 0. The van der Waals surface area contributed by atoms with Crippen molar-refractivity contribution in [1.29, 1.82) is 0 Å². The number of hydrogen-bond acceptors (Lipinski definition) is 4. The molecule has 120 valence electrons. The van der Waals surface area contributed by atoms with Gasteiger partial charge in [0.2, 0.25) is 0 Å². The van der Waals surface area contributed by atoms with Gasteiger partial charge in [0.05, 0.1) is 0 Å². The Hall–Kier alpha value is -2.10. The van der Waals surface area contributed by atoms with Crippen molar-refractivity contribution in [2.75, 3.05) is 0 Å². The van der Waals surface area contributed by atoms with Gasteiger partial charge in [0.25, 0.3) is 6.29 Å². The molecule has 0 aromatic heterocycles. The predicted molar refractivity (Wildman–Crippen MR) is 86.1 cm³/mol. The Balaban J connectivity index is 3.07. The zero-order chi connectivity index (χ0) is 16.9. The van der Waals surface area contributed by atoms with Gasteiger partial charge in [0.15, 0.2) is 0 Å². The van der Waals surface area contributed by atoms with E-state index in [9.17, 15) is 9.59 Å². The maximum Gasteiger partial charge on any atom is 0.305 e. The molecule has 0 amide bonds. The van der Waals surface area contributed by atoms with Gasteiger partial charge < -0.3 is 9.47 Å². The van der Waals surface area contributed by atoms with Gasteiger partial charge in [-0.05, 0) is 29.5 Å². The van der Waals surface area contributed by atoms with E-state index < -0.39 is 18.2 Å². The van der Waals surface area contributed by atoms with Crippen LogP contribution in [-0.4, -0.2) is 18.2 Å². The lowest BCUT2D eigenvalue weighted by Crippen LogP contribution is -2.23. The van der Waals surface area contributed by atoms with E-state index in [1.807, 2.05) is 18.2 Å². The van der Waals surface area contributed by atoms with Crippen LogP contribution in [0.1, 0.15) is 52.7 Å². The molecular formula is C18H24O4. The molecular weight excluding hydrogens is 280 g/mol. The van der Waals surface area contributed by atoms with Crippen molar-refractivity contribution >= 4 is 18.0 Å². The van der Waals surface area contributed by atoms with Crippen LogP contribution in [-0.2, 0) is 24.5 Å². The summed E-state index contributed by atoms with van der Waals surface area (Å²) < 4.78 is 10.1. The molecule has 0 atom stereocenters. The number of carbonyl (C=O) groups excluding carboxylic acids is 2. The van der Waals surface area contributed by atoms with Gasteiger partial charge in [0, 0.05) is 19.4 Å². The lowest BCUT2D eigenvalue weighted by molar-refractivity contribution is -0.177. The molecule has 0 aliphatic heterocycles. The van der Waals surface area contributed by atoms with Gasteiger partial charge in [-0.3, -0.25) is 9.59 Å². The molecule has 0 spiro atoms. The highest BCUT2D eigenvalue weighted by atomic mass is 16.7. The van der Waals surface area contributed by atoms with E-state index >= 15 is 0 Å². The Morgan fingerprint density at radius 3 is 2.05 bits per heavy atom. The zero-order valence-corrected chi connectivity index (χ0v) is 14.1. The quantitative estimate of drug-likeness (QED) is 0.626. The first kappa shape index (κ1) is 18.0. The zero-order valence-electron chi connectivity index (χ0n) is 14.1. The maximum absolute atomic E-state index is 11.1. The summed E-state index contributed by atoms with van der Waals surface area (Å²) in [5, 5.41) is 0. The van der Waals surface area contributed by atoms with E-state index in [0.717, 1.165) is 5.56 Å². The normalized spacial score (nSPS) is 12.2. The number of benzene rings is 1. The molecule has 1 rings (SSSR count). The van der Waals surface area contributed by atoms with Crippen LogP contribution < -0.4 is 0 Å². The van der Waals surface area contributed by atoms with Crippen LogP contribution in [0.15, 0.2) is 29.8 Å². The predicted octanol–water partition coefficient (Wildman–Crippen LogP) is 3.84. The summed E-state index contributed by atoms with van der Waals surface area (Å²) in [6, 6.07) is 8.08. The molecule has 0 unspecified atom stereocenters. The van der Waals surface area contributed by atoms with E-state index in [1.54, 1.807) is 6.92 Å². The van der Waals surface area contributed by atoms with Gasteiger partial charge in [-0.1, -0.05) is 45.0 Å². The molecule has 0 radical (unpaired) electrons. The maximum atomic E-state index is 11.1. The second kappa shape index (κ2) is 7.25. The average molecular weight is 304 g/mol. The first-order valence-electron chi connectivity index (χ1n) is 7.23. The first-order chi connectivity index (χ1) is 10.1. The van der Waals surface area contributed by atoms with Crippen molar-refractivity contribution in [3.63, 3.8) is 0 Å². The number of ether oxygens (including phenoxy) is 2. The van der Waals surface area contributed by atoms with Gasteiger partial charge >= 0.3 is 11.9 Å². The topological polar surface area (TPSA) is 52.6 Å². The van der Waals surface area contributed by atoms with E-state index in [-0.39, 0.29) is 5.41 Å². The summed E-state index contributed by atoms with van der Waals surface area (Å²) in [7, 11) is 0. The van der Waals surface area contributed by atoms with Crippen molar-refractivity contribution < 1.29 is 19.1 Å². The number of carbonyl (C=O) groups is 2. The molecule has 1 aromatic carbocycles. The molecule has 0 bridgehead atoms. The summed E-state index contributed by atoms with van der Waals surface area (Å²) >= 11 is 0. The van der Waals surface area contributed by atoms with Crippen LogP contribution in [0.5, 0.6) is 0 Å². The Morgan fingerprint density at radius 2 is 1.59 bits per heavy atom. The second-order valence-electron chi connectivity index (χ2n) is 6.31. The summed E-state index contributed by atoms with van der Waals surface area (Å²) in [6.45, 7) is 10.8. The van der Waals surface area contributed by atoms with Crippen molar-refractivity contribution in [3.8, 4) is 0 Å². The minimum Gasteiger partial charge on any atom is -0.421 e. The molecule has 1 aromatic rings. The molecule has 0 saturated carbocycles. The molecule has 0 aliphatic rings. The van der Waals surface area contributed by atoms with E-state index in [1.165, 1.54) is 19.4 Å². The Morgan fingerprint density at radius 1 is 1.05 bits per heavy atom. The molecule has 0 aliphatic carbocycles. The van der Waals surface area contributed by atoms with Crippen molar-refractivity contribution in [3.05, 3.63) is 41.0 Å². The fourth-order valence-corrected chi connectivity index (χ4v) is 1.94. The molecule has 22 heavy (non-hydrogen) atoms. The van der Waals surface area contributed by atoms with Crippen LogP contribution in [0.4, 0.5) is 0 Å². The van der Waals surface area contributed by atoms with Crippen LogP contribution in [0.25, 0.3) is 6.08 Å². The summed E-state index contributed by atoms with van der Waals surface area (Å²) in [6.07, 6.45) is 0.861. The van der Waals surface area contributed by atoms with Crippen LogP contribution >= 0.6 is 0 Å². The van der Waals surface area contributed by atoms with E-state index in [0.29, 0.717) is 5.57 Å². The van der Waals surface area contributed by atoms with Crippen molar-refractivity contribution in [2.24, 2.45) is 0 Å². The van der Waals surface area contributed by atoms with E-state index in [4.69, 9.17) is 9.47 Å².